The fourth-order valence-electron chi connectivity index (χ4n) is 3.02. The summed E-state index contributed by atoms with van der Waals surface area (Å²) in [5.74, 6) is -1.11. The molecule has 0 saturated heterocycles. The molecule has 0 spiro atoms. The van der Waals surface area contributed by atoms with Crippen LogP contribution in [0.15, 0.2) is 48.5 Å². The number of amides is 2. The number of benzene rings is 2. The maximum atomic E-state index is 12.3. The average Bonchev–Trinajstić information content (AvgIpc) is 2.78. The number of carbonyl (C=O) groups excluding carboxylic acids is 3. The smallest absolute Gasteiger partial charge is 0.407 e. The number of methoxy groups -OCH3 is 1. The number of aryl methyl sites for hydroxylation is 2. The third-order valence-electron chi connectivity index (χ3n) is 4.95. The van der Waals surface area contributed by atoms with E-state index in [1.54, 1.807) is 0 Å². The van der Waals surface area contributed by atoms with Crippen LogP contribution in [0.5, 0.6) is 0 Å². The Morgan fingerprint density at radius 1 is 1.00 bits per heavy atom. The van der Waals surface area contributed by atoms with Crippen LogP contribution in [0, 0.1) is 13.8 Å². The molecule has 3 N–H and O–H groups in total. The van der Waals surface area contributed by atoms with Crippen LogP contribution >= 0.6 is 0 Å². The summed E-state index contributed by atoms with van der Waals surface area (Å²) in [6.07, 6.45) is -1.87. The van der Waals surface area contributed by atoms with E-state index in [4.69, 9.17) is 9.47 Å². The molecule has 8 heteroatoms. The maximum Gasteiger partial charge on any atom is 0.407 e. The van der Waals surface area contributed by atoms with Crippen LogP contribution in [0.2, 0.25) is 0 Å². The molecule has 172 valence electrons. The van der Waals surface area contributed by atoms with Crippen LogP contribution in [-0.4, -0.2) is 48.9 Å². The number of carbonyl (C=O) groups is 3. The van der Waals surface area contributed by atoms with E-state index in [2.05, 4.69) is 10.6 Å². The number of ether oxygens (including phenoxy) is 2. The van der Waals surface area contributed by atoms with Gasteiger partial charge in [-0.3, -0.25) is 4.79 Å². The quantitative estimate of drug-likeness (QED) is 0.486. The predicted octanol–water partition coefficient (Wildman–Crippen LogP) is 2.18. The Morgan fingerprint density at radius 3 is 2.38 bits per heavy atom. The second-order valence-corrected chi connectivity index (χ2v) is 7.57. The first-order valence-corrected chi connectivity index (χ1v) is 10.3. The van der Waals surface area contributed by atoms with E-state index in [0.29, 0.717) is 0 Å². The summed E-state index contributed by atoms with van der Waals surface area (Å²) in [5, 5.41) is 15.1. The molecule has 0 aromatic heterocycles. The topological polar surface area (TPSA) is 114 Å². The first-order valence-electron chi connectivity index (χ1n) is 10.3. The summed E-state index contributed by atoms with van der Waals surface area (Å²) in [6, 6.07) is 14.1. The van der Waals surface area contributed by atoms with E-state index in [1.165, 1.54) is 7.11 Å². The zero-order chi connectivity index (χ0) is 23.5. The number of aliphatic hydroxyl groups excluding tert-OH is 1. The highest BCUT2D eigenvalue weighted by molar-refractivity contribution is 5.85. The summed E-state index contributed by atoms with van der Waals surface area (Å²) in [6.45, 7) is 3.90. The van der Waals surface area contributed by atoms with E-state index in [-0.39, 0.29) is 26.0 Å². The van der Waals surface area contributed by atoms with Gasteiger partial charge in [-0.1, -0.05) is 48.5 Å². The second-order valence-electron chi connectivity index (χ2n) is 7.57. The van der Waals surface area contributed by atoms with Gasteiger partial charge in [0.05, 0.1) is 19.6 Å². The molecule has 0 radical (unpaired) electrons. The largest absolute Gasteiger partial charge is 0.467 e. The molecule has 2 aromatic carbocycles. The van der Waals surface area contributed by atoms with Crippen molar-refractivity contribution < 1.29 is 29.0 Å². The van der Waals surface area contributed by atoms with Gasteiger partial charge in [-0.2, -0.15) is 0 Å². The van der Waals surface area contributed by atoms with E-state index in [1.807, 2.05) is 62.4 Å². The van der Waals surface area contributed by atoms with Gasteiger partial charge in [0.25, 0.3) is 0 Å². The highest BCUT2D eigenvalue weighted by Crippen LogP contribution is 2.12. The standard InChI is InChI=1S/C24H30N2O6/c1-16-9-10-19(11-17(16)2)12-21(23(29)31-3)26-22(28)13-20(27)14-25-24(30)32-15-18-7-5-4-6-8-18/h4-11,20-21,27H,12-15H2,1-3H3,(H,25,30)(H,26,28)/t20-,21+/m1/s1. The van der Waals surface area contributed by atoms with E-state index in [0.717, 1.165) is 22.3 Å². The molecule has 2 aromatic rings. The minimum Gasteiger partial charge on any atom is -0.467 e. The van der Waals surface area contributed by atoms with Crippen molar-refractivity contribution in [3.8, 4) is 0 Å². The van der Waals surface area contributed by atoms with Gasteiger partial charge in [-0.25, -0.2) is 9.59 Å². The van der Waals surface area contributed by atoms with Crippen molar-refractivity contribution in [1.82, 2.24) is 10.6 Å². The second kappa shape index (κ2) is 12.5. The Kier molecular flexibility index (Phi) is 9.69. The van der Waals surface area contributed by atoms with Gasteiger partial charge in [0.1, 0.15) is 12.6 Å². The van der Waals surface area contributed by atoms with Gasteiger partial charge >= 0.3 is 12.1 Å². The fraction of sp³-hybridized carbons (Fsp3) is 0.375. The monoisotopic (exact) mass is 442 g/mol. The summed E-state index contributed by atoms with van der Waals surface area (Å²) < 4.78 is 9.85. The van der Waals surface area contributed by atoms with Crippen LogP contribution in [0.4, 0.5) is 4.79 Å². The predicted molar refractivity (Wildman–Crippen MR) is 119 cm³/mol. The molecule has 2 amide bonds. The minimum atomic E-state index is -1.14. The van der Waals surface area contributed by atoms with E-state index < -0.39 is 30.1 Å². The Hall–Kier alpha value is -3.39. The van der Waals surface area contributed by atoms with Crippen LogP contribution in [-0.2, 0) is 32.1 Å². The van der Waals surface area contributed by atoms with Crippen molar-refractivity contribution in [3.63, 3.8) is 0 Å². The highest BCUT2D eigenvalue weighted by atomic mass is 16.5. The van der Waals surface area contributed by atoms with Gasteiger partial charge in [-0.15, -0.1) is 0 Å². The Labute approximate surface area is 187 Å². The van der Waals surface area contributed by atoms with Gasteiger partial charge in [0.2, 0.25) is 5.91 Å². The van der Waals surface area contributed by atoms with Crippen molar-refractivity contribution in [1.29, 1.82) is 0 Å². The summed E-state index contributed by atoms with van der Waals surface area (Å²) in [7, 11) is 1.25. The van der Waals surface area contributed by atoms with Crippen LogP contribution < -0.4 is 10.6 Å². The van der Waals surface area contributed by atoms with Crippen molar-refractivity contribution in [2.75, 3.05) is 13.7 Å². The number of aliphatic hydroxyl groups is 1. The van der Waals surface area contributed by atoms with E-state index in [9.17, 15) is 19.5 Å². The molecule has 0 aliphatic rings. The molecule has 0 saturated carbocycles. The number of alkyl carbamates (subject to hydrolysis) is 1. The number of hydrogen-bond donors (Lipinski definition) is 3. The lowest BCUT2D eigenvalue weighted by Gasteiger charge is -2.18. The molecule has 0 aliphatic carbocycles. The van der Waals surface area contributed by atoms with Crippen molar-refractivity contribution in [2.24, 2.45) is 0 Å². The number of hydrogen-bond acceptors (Lipinski definition) is 6. The molecule has 32 heavy (non-hydrogen) atoms. The molecule has 0 heterocycles. The number of rotatable bonds is 10. The van der Waals surface area contributed by atoms with Gasteiger partial charge in [0.15, 0.2) is 0 Å². The first kappa shape index (κ1) is 24.9. The molecule has 8 nitrogen and oxygen atoms in total. The summed E-state index contributed by atoms with van der Waals surface area (Å²) in [5.41, 5.74) is 3.93. The maximum absolute atomic E-state index is 12.3. The Morgan fingerprint density at radius 2 is 1.72 bits per heavy atom. The third-order valence-corrected chi connectivity index (χ3v) is 4.95. The molecule has 0 unspecified atom stereocenters. The van der Waals surface area contributed by atoms with E-state index >= 15 is 0 Å². The van der Waals surface area contributed by atoms with Gasteiger partial charge in [-0.05, 0) is 36.1 Å². The Balaban J connectivity index is 1.80. The molecule has 2 atom stereocenters. The molecular formula is C24H30N2O6. The lowest BCUT2D eigenvalue weighted by Crippen LogP contribution is -2.45. The molecule has 2 rings (SSSR count). The number of esters is 1. The minimum absolute atomic E-state index is 0.0998. The van der Waals surface area contributed by atoms with Crippen LogP contribution in [0.1, 0.15) is 28.7 Å². The van der Waals surface area contributed by atoms with Crippen molar-refractivity contribution in [2.45, 2.75) is 45.4 Å². The zero-order valence-corrected chi connectivity index (χ0v) is 18.6. The molecule has 0 fully saturated rings. The van der Waals surface area contributed by atoms with Crippen molar-refractivity contribution in [3.05, 3.63) is 70.8 Å². The lowest BCUT2D eigenvalue weighted by molar-refractivity contribution is -0.145. The zero-order valence-electron chi connectivity index (χ0n) is 18.6. The van der Waals surface area contributed by atoms with Gasteiger partial charge < -0.3 is 25.2 Å². The summed E-state index contributed by atoms with van der Waals surface area (Å²) >= 11 is 0. The normalized spacial score (nSPS) is 12.4. The molecule has 0 aliphatic heterocycles. The van der Waals surface area contributed by atoms with Crippen LogP contribution in [0.25, 0.3) is 0 Å². The lowest BCUT2D eigenvalue weighted by atomic mass is 10.0. The SMILES string of the molecule is COC(=O)[C@H](Cc1ccc(C)c(C)c1)NC(=O)C[C@@H](O)CNC(=O)OCc1ccccc1. The van der Waals surface area contributed by atoms with Crippen molar-refractivity contribution >= 4 is 18.0 Å². The summed E-state index contributed by atoms with van der Waals surface area (Å²) in [4.78, 5) is 36.2. The third kappa shape index (κ3) is 8.39. The average molecular weight is 443 g/mol. The van der Waals surface area contributed by atoms with Gasteiger partial charge in [0, 0.05) is 13.0 Å². The fourth-order valence-corrected chi connectivity index (χ4v) is 3.02. The highest BCUT2D eigenvalue weighted by Gasteiger charge is 2.23. The van der Waals surface area contributed by atoms with Crippen LogP contribution in [0.3, 0.4) is 0 Å². The first-order chi connectivity index (χ1) is 15.3. The molecular weight excluding hydrogens is 412 g/mol. The Bertz CT molecular complexity index is 916. The number of nitrogens with one attached hydrogen (secondary N) is 2. The molecule has 0 bridgehead atoms.